The van der Waals surface area contributed by atoms with Gasteiger partial charge >= 0.3 is 5.97 Å². The highest BCUT2D eigenvalue weighted by atomic mass is 19.3. The maximum absolute atomic E-state index is 12.1. The highest BCUT2D eigenvalue weighted by Gasteiger charge is 2.22. The van der Waals surface area contributed by atoms with E-state index >= 15 is 0 Å². The molecule has 1 fully saturated rings. The van der Waals surface area contributed by atoms with E-state index in [1.807, 2.05) is 12.1 Å². The van der Waals surface area contributed by atoms with Crippen LogP contribution in [-0.4, -0.2) is 19.0 Å². The summed E-state index contributed by atoms with van der Waals surface area (Å²) < 4.78 is 28.8. The van der Waals surface area contributed by atoms with Gasteiger partial charge < -0.3 is 4.74 Å². The zero-order valence-corrected chi connectivity index (χ0v) is 15.9. The normalized spacial score (nSPS) is 20.3. The molecule has 1 aromatic carbocycles. The molecule has 0 spiro atoms. The molecule has 1 aliphatic carbocycles. The molecule has 2 rings (SSSR count). The van der Waals surface area contributed by atoms with Gasteiger partial charge in [0.15, 0.2) is 6.61 Å². The molecule has 0 atom stereocenters. The molecule has 1 saturated carbocycles. The predicted molar refractivity (Wildman–Crippen MR) is 101 cm³/mol. The minimum absolute atomic E-state index is 0.343. The Morgan fingerprint density at radius 1 is 1.04 bits per heavy atom. The second kappa shape index (κ2) is 11.3. The van der Waals surface area contributed by atoms with E-state index in [2.05, 4.69) is 11.7 Å². The maximum atomic E-state index is 12.1. The van der Waals surface area contributed by atoms with Crippen LogP contribution in [-0.2, 0) is 4.74 Å². The number of ether oxygens (including phenoxy) is 1. The molecule has 2 nitrogen and oxygen atoms in total. The van der Waals surface area contributed by atoms with E-state index in [0.717, 1.165) is 5.92 Å². The first-order valence-corrected chi connectivity index (χ1v) is 10.1. The van der Waals surface area contributed by atoms with Crippen molar-refractivity contribution in [3.63, 3.8) is 0 Å². The second-order valence-corrected chi connectivity index (χ2v) is 7.53. The van der Waals surface area contributed by atoms with Crippen LogP contribution in [0.3, 0.4) is 0 Å². The summed E-state index contributed by atoms with van der Waals surface area (Å²) in [5.41, 5.74) is 1.59. The van der Waals surface area contributed by atoms with Crippen LogP contribution in [0, 0.1) is 5.92 Å². The number of hydrogen-bond acceptors (Lipinski definition) is 2. The van der Waals surface area contributed by atoms with E-state index in [1.54, 1.807) is 12.1 Å². The third-order valence-corrected chi connectivity index (χ3v) is 5.52. The molecule has 0 radical (unpaired) electrons. The molecular weight excluding hydrogens is 334 g/mol. The molecule has 4 heteroatoms. The van der Waals surface area contributed by atoms with E-state index in [4.69, 9.17) is 0 Å². The number of alkyl halides is 2. The minimum Gasteiger partial charge on any atom is -0.456 e. The van der Waals surface area contributed by atoms with Gasteiger partial charge in [0.05, 0.1) is 5.56 Å². The van der Waals surface area contributed by atoms with Gasteiger partial charge in [0, 0.05) is 0 Å². The van der Waals surface area contributed by atoms with E-state index in [9.17, 15) is 13.6 Å². The number of hydrogen-bond donors (Lipinski definition) is 0. The van der Waals surface area contributed by atoms with Gasteiger partial charge in [-0.15, -0.1) is 0 Å². The first kappa shape index (κ1) is 20.9. The molecule has 146 valence electrons. The zero-order chi connectivity index (χ0) is 18.8. The van der Waals surface area contributed by atoms with Crippen molar-refractivity contribution in [2.75, 3.05) is 6.61 Å². The van der Waals surface area contributed by atoms with Crippen molar-refractivity contribution in [2.45, 2.75) is 83.5 Å². The number of benzene rings is 1. The first-order valence-electron chi connectivity index (χ1n) is 10.1. The number of unbranched alkanes of at least 4 members (excludes halogenated alkanes) is 4. The van der Waals surface area contributed by atoms with E-state index < -0.39 is 19.0 Å². The largest absolute Gasteiger partial charge is 0.456 e. The molecular formula is C22H32F2O2. The number of carbonyl (C=O) groups is 1. The fourth-order valence-corrected chi connectivity index (χ4v) is 3.93. The minimum atomic E-state index is -2.62. The number of esters is 1. The Morgan fingerprint density at radius 3 is 2.31 bits per heavy atom. The fourth-order valence-electron chi connectivity index (χ4n) is 3.93. The van der Waals surface area contributed by atoms with Crippen molar-refractivity contribution in [3.05, 3.63) is 35.4 Å². The molecule has 1 aliphatic rings. The molecule has 0 amide bonds. The van der Waals surface area contributed by atoms with E-state index in [1.165, 1.54) is 69.8 Å². The molecule has 0 saturated heterocycles. The van der Waals surface area contributed by atoms with Crippen LogP contribution in [0.15, 0.2) is 24.3 Å². The molecule has 0 heterocycles. The standard InChI is InChI=1S/C22H32F2O2/c1-2-3-4-5-6-7-17-8-10-18(11-9-17)19-12-14-20(15-13-19)22(25)26-16-21(23)24/h12-15,17-18,21H,2-11,16H2,1H3. The zero-order valence-electron chi connectivity index (χ0n) is 15.9. The van der Waals surface area contributed by atoms with Gasteiger partial charge in [-0.25, -0.2) is 13.6 Å². The Bertz CT molecular complexity index is 519. The summed E-state index contributed by atoms with van der Waals surface area (Å²) in [5, 5.41) is 0. The molecule has 0 aromatic heterocycles. The highest BCUT2D eigenvalue weighted by Crippen LogP contribution is 2.37. The van der Waals surface area contributed by atoms with Gasteiger partial charge in [0.1, 0.15) is 0 Å². The summed E-state index contributed by atoms with van der Waals surface area (Å²) in [5.74, 6) is 0.748. The van der Waals surface area contributed by atoms with Crippen LogP contribution >= 0.6 is 0 Å². The van der Waals surface area contributed by atoms with Gasteiger partial charge in [-0.1, -0.05) is 57.6 Å². The lowest BCUT2D eigenvalue weighted by molar-refractivity contribution is 0.0160. The molecule has 0 N–H and O–H groups in total. The smallest absolute Gasteiger partial charge is 0.338 e. The molecule has 26 heavy (non-hydrogen) atoms. The lowest BCUT2D eigenvalue weighted by Crippen LogP contribution is -2.14. The topological polar surface area (TPSA) is 26.3 Å². The average Bonchev–Trinajstić information content (AvgIpc) is 2.66. The Balaban J connectivity index is 1.72. The molecule has 0 bridgehead atoms. The summed E-state index contributed by atoms with van der Waals surface area (Å²) >= 11 is 0. The second-order valence-electron chi connectivity index (χ2n) is 7.53. The molecule has 0 unspecified atom stereocenters. The summed E-state index contributed by atoms with van der Waals surface area (Å²) in [6.07, 6.45) is 10.5. The molecule has 1 aromatic rings. The van der Waals surface area contributed by atoms with Crippen LogP contribution in [0.4, 0.5) is 8.78 Å². The number of rotatable bonds is 10. The summed E-state index contributed by atoms with van der Waals surface area (Å²) in [7, 11) is 0. The number of halogens is 2. The maximum Gasteiger partial charge on any atom is 0.338 e. The quantitative estimate of drug-likeness (QED) is 0.338. The third kappa shape index (κ3) is 7.05. The van der Waals surface area contributed by atoms with Crippen molar-refractivity contribution in [3.8, 4) is 0 Å². The van der Waals surface area contributed by atoms with Crippen molar-refractivity contribution in [1.29, 1.82) is 0 Å². The lowest BCUT2D eigenvalue weighted by atomic mass is 9.77. The first-order chi connectivity index (χ1) is 12.6. The predicted octanol–water partition coefficient (Wildman–Crippen LogP) is 6.74. The van der Waals surface area contributed by atoms with Crippen molar-refractivity contribution < 1.29 is 18.3 Å². The van der Waals surface area contributed by atoms with Crippen molar-refractivity contribution in [1.82, 2.24) is 0 Å². The van der Waals surface area contributed by atoms with Crippen LogP contribution in [0.5, 0.6) is 0 Å². The van der Waals surface area contributed by atoms with Crippen LogP contribution < -0.4 is 0 Å². The van der Waals surface area contributed by atoms with Crippen molar-refractivity contribution in [2.24, 2.45) is 5.92 Å². The van der Waals surface area contributed by atoms with Gasteiger partial charge in [-0.2, -0.15) is 0 Å². The van der Waals surface area contributed by atoms with Gasteiger partial charge in [0.2, 0.25) is 0 Å². The lowest BCUT2D eigenvalue weighted by Gasteiger charge is -2.29. The van der Waals surface area contributed by atoms with Gasteiger partial charge in [-0.05, 0) is 55.2 Å². The van der Waals surface area contributed by atoms with Gasteiger partial charge in [-0.3, -0.25) is 0 Å². The Labute approximate surface area is 156 Å². The van der Waals surface area contributed by atoms with Crippen LogP contribution in [0.25, 0.3) is 0 Å². The summed E-state index contributed by atoms with van der Waals surface area (Å²) in [6, 6.07) is 7.30. The Hall–Kier alpha value is -1.45. The Morgan fingerprint density at radius 2 is 1.69 bits per heavy atom. The number of carbonyl (C=O) groups excluding carboxylic acids is 1. The van der Waals surface area contributed by atoms with E-state index in [0.29, 0.717) is 11.5 Å². The highest BCUT2D eigenvalue weighted by molar-refractivity contribution is 5.89. The van der Waals surface area contributed by atoms with Crippen LogP contribution in [0.1, 0.15) is 93.0 Å². The third-order valence-electron chi connectivity index (χ3n) is 5.52. The van der Waals surface area contributed by atoms with Gasteiger partial charge in [0.25, 0.3) is 6.43 Å². The average molecular weight is 366 g/mol. The fraction of sp³-hybridized carbons (Fsp3) is 0.682. The summed E-state index contributed by atoms with van der Waals surface area (Å²) in [6.45, 7) is 1.41. The van der Waals surface area contributed by atoms with Crippen molar-refractivity contribution >= 4 is 5.97 Å². The summed E-state index contributed by atoms with van der Waals surface area (Å²) in [4.78, 5) is 11.7. The molecule has 0 aliphatic heterocycles. The SMILES string of the molecule is CCCCCCCC1CCC(c2ccc(C(=O)OCC(F)F)cc2)CC1. The van der Waals surface area contributed by atoms with E-state index in [-0.39, 0.29) is 0 Å². The monoisotopic (exact) mass is 366 g/mol. The van der Waals surface area contributed by atoms with Crippen LogP contribution in [0.2, 0.25) is 0 Å². The Kier molecular flexibility index (Phi) is 9.07.